The van der Waals surface area contributed by atoms with Gasteiger partial charge in [0, 0.05) is 6.26 Å². The van der Waals surface area contributed by atoms with Crippen LogP contribution in [0.15, 0.2) is 29.2 Å². The van der Waals surface area contributed by atoms with Gasteiger partial charge in [-0.25, -0.2) is 8.42 Å². The van der Waals surface area contributed by atoms with Crippen LogP contribution in [0.4, 0.5) is 0 Å². The van der Waals surface area contributed by atoms with Crippen LogP contribution in [0.2, 0.25) is 0 Å². The Labute approximate surface area is 109 Å². The van der Waals surface area contributed by atoms with Gasteiger partial charge >= 0.3 is 0 Å². The summed E-state index contributed by atoms with van der Waals surface area (Å²) < 4.78 is 22.7. The van der Waals surface area contributed by atoms with Crippen molar-refractivity contribution in [2.45, 2.75) is 18.2 Å². The van der Waals surface area contributed by atoms with Crippen LogP contribution in [0.3, 0.4) is 0 Å². The van der Waals surface area contributed by atoms with Gasteiger partial charge in [-0.05, 0) is 49.0 Å². The first-order valence-corrected chi connectivity index (χ1v) is 7.96. The lowest BCUT2D eigenvalue weighted by Crippen LogP contribution is -2.30. The van der Waals surface area contributed by atoms with E-state index in [4.69, 9.17) is 11.5 Å². The summed E-state index contributed by atoms with van der Waals surface area (Å²) in [5.41, 5.74) is 12.4. The zero-order valence-electron chi connectivity index (χ0n) is 11.0. The summed E-state index contributed by atoms with van der Waals surface area (Å²) in [5.74, 6) is 0.698. The molecule has 0 spiro atoms. The molecule has 0 saturated heterocycles. The highest BCUT2D eigenvalue weighted by atomic mass is 32.2. The molecule has 0 aliphatic carbocycles. The van der Waals surface area contributed by atoms with Gasteiger partial charge in [0.1, 0.15) is 0 Å². The molecule has 0 saturated carbocycles. The number of rotatable bonds is 6. The van der Waals surface area contributed by atoms with Crippen LogP contribution in [-0.4, -0.2) is 27.8 Å². The number of hydrogen-bond donors (Lipinski definition) is 2. The summed E-state index contributed by atoms with van der Waals surface area (Å²) in [6.07, 6.45) is 2.08. The van der Waals surface area contributed by atoms with E-state index in [1.54, 1.807) is 12.1 Å². The number of nitrogens with two attached hydrogens (primary N) is 2. The first-order chi connectivity index (χ1) is 8.38. The Morgan fingerprint density at radius 3 is 2.00 bits per heavy atom. The Balaban J connectivity index is 2.75. The molecule has 0 heterocycles. The minimum atomic E-state index is -3.11. The first kappa shape index (κ1) is 15.1. The Morgan fingerprint density at radius 2 is 1.61 bits per heavy atom. The molecule has 0 bridgehead atoms. The van der Waals surface area contributed by atoms with E-state index in [9.17, 15) is 8.42 Å². The molecule has 18 heavy (non-hydrogen) atoms. The Hall–Kier alpha value is -0.910. The Morgan fingerprint density at radius 1 is 1.11 bits per heavy atom. The van der Waals surface area contributed by atoms with E-state index in [0.717, 1.165) is 12.0 Å². The van der Waals surface area contributed by atoms with Crippen LogP contribution in [-0.2, 0) is 16.3 Å². The molecule has 0 amide bonds. The minimum Gasteiger partial charge on any atom is -0.330 e. The average Bonchev–Trinajstić information content (AvgIpc) is 2.30. The van der Waals surface area contributed by atoms with Crippen molar-refractivity contribution >= 4 is 9.84 Å². The van der Waals surface area contributed by atoms with Crippen LogP contribution in [0.5, 0.6) is 0 Å². The monoisotopic (exact) mass is 270 g/mol. The Bertz CT molecular complexity index is 464. The van der Waals surface area contributed by atoms with Gasteiger partial charge in [-0.3, -0.25) is 0 Å². The third kappa shape index (κ3) is 4.08. The molecular formula is C13H22N2O2S. The highest BCUT2D eigenvalue weighted by Crippen LogP contribution is 2.17. The summed E-state index contributed by atoms with van der Waals surface area (Å²) in [6, 6.07) is 7.02. The summed E-state index contributed by atoms with van der Waals surface area (Å²) in [6.45, 7) is 3.28. The fourth-order valence-electron chi connectivity index (χ4n) is 1.97. The van der Waals surface area contributed by atoms with E-state index >= 15 is 0 Å². The maximum absolute atomic E-state index is 11.3. The van der Waals surface area contributed by atoms with E-state index in [1.165, 1.54) is 6.26 Å². The maximum atomic E-state index is 11.3. The molecule has 4 N–H and O–H groups in total. The number of sulfone groups is 1. The van der Waals surface area contributed by atoms with E-state index in [0.29, 0.717) is 29.8 Å². The van der Waals surface area contributed by atoms with E-state index in [1.807, 2.05) is 12.1 Å². The first-order valence-electron chi connectivity index (χ1n) is 6.07. The second kappa shape index (κ2) is 6.31. The van der Waals surface area contributed by atoms with Crippen molar-refractivity contribution < 1.29 is 8.42 Å². The van der Waals surface area contributed by atoms with Gasteiger partial charge in [-0.2, -0.15) is 0 Å². The molecule has 4 nitrogen and oxygen atoms in total. The van der Waals surface area contributed by atoms with E-state index in [2.05, 4.69) is 6.92 Å². The molecule has 102 valence electrons. The summed E-state index contributed by atoms with van der Waals surface area (Å²) in [7, 11) is -3.11. The quantitative estimate of drug-likeness (QED) is 0.800. The third-order valence-electron chi connectivity index (χ3n) is 3.32. The maximum Gasteiger partial charge on any atom is 0.175 e. The van der Waals surface area contributed by atoms with Crippen LogP contribution in [0, 0.1) is 11.8 Å². The summed E-state index contributed by atoms with van der Waals surface area (Å²) in [5, 5.41) is 0. The largest absolute Gasteiger partial charge is 0.330 e. The molecule has 0 fully saturated rings. The average molecular weight is 270 g/mol. The molecule has 1 rings (SSSR count). The lowest BCUT2D eigenvalue weighted by atomic mass is 9.88. The SMILES string of the molecule is CC(Cc1ccc(S(C)(=O)=O)cc1)C(CN)CN. The van der Waals surface area contributed by atoms with Gasteiger partial charge < -0.3 is 11.5 Å². The van der Waals surface area contributed by atoms with Crippen LogP contribution in [0.1, 0.15) is 12.5 Å². The smallest absolute Gasteiger partial charge is 0.175 e. The molecule has 0 radical (unpaired) electrons. The zero-order valence-corrected chi connectivity index (χ0v) is 11.8. The van der Waals surface area contributed by atoms with Crippen molar-refractivity contribution in [2.75, 3.05) is 19.3 Å². The fraction of sp³-hybridized carbons (Fsp3) is 0.538. The minimum absolute atomic E-state index is 0.305. The molecule has 1 aromatic rings. The van der Waals surface area contributed by atoms with Gasteiger partial charge in [0.2, 0.25) is 0 Å². The zero-order chi connectivity index (χ0) is 13.8. The molecule has 0 aromatic heterocycles. The molecule has 1 atom stereocenters. The topological polar surface area (TPSA) is 86.2 Å². The molecule has 5 heteroatoms. The summed E-state index contributed by atoms with van der Waals surface area (Å²) in [4.78, 5) is 0.355. The fourth-order valence-corrected chi connectivity index (χ4v) is 2.60. The molecule has 0 aliphatic heterocycles. The van der Waals surface area contributed by atoms with Gasteiger partial charge in [0.25, 0.3) is 0 Å². The Kier molecular flexibility index (Phi) is 5.31. The van der Waals surface area contributed by atoms with E-state index in [-0.39, 0.29) is 0 Å². The number of benzene rings is 1. The van der Waals surface area contributed by atoms with Gasteiger partial charge in [-0.1, -0.05) is 19.1 Å². The van der Waals surface area contributed by atoms with Crippen LogP contribution >= 0.6 is 0 Å². The highest BCUT2D eigenvalue weighted by molar-refractivity contribution is 7.90. The second-order valence-corrected chi connectivity index (χ2v) is 6.84. The lowest BCUT2D eigenvalue weighted by Gasteiger charge is -2.20. The van der Waals surface area contributed by atoms with Crippen LogP contribution in [0.25, 0.3) is 0 Å². The van der Waals surface area contributed by atoms with Crippen LogP contribution < -0.4 is 11.5 Å². The van der Waals surface area contributed by atoms with Crippen molar-refractivity contribution in [1.29, 1.82) is 0 Å². The van der Waals surface area contributed by atoms with Gasteiger partial charge in [0.05, 0.1) is 4.90 Å². The predicted octanol–water partition coefficient (Wildman–Crippen LogP) is 0.802. The van der Waals surface area contributed by atoms with Crippen molar-refractivity contribution in [2.24, 2.45) is 23.3 Å². The predicted molar refractivity (Wildman–Crippen MR) is 74.0 cm³/mol. The van der Waals surface area contributed by atoms with Crippen molar-refractivity contribution in [1.82, 2.24) is 0 Å². The van der Waals surface area contributed by atoms with Gasteiger partial charge in [0.15, 0.2) is 9.84 Å². The summed E-state index contributed by atoms with van der Waals surface area (Å²) >= 11 is 0. The van der Waals surface area contributed by atoms with Crippen molar-refractivity contribution in [3.05, 3.63) is 29.8 Å². The van der Waals surface area contributed by atoms with E-state index < -0.39 is 9.84 Å². The molecule has 1 aromatic carbocycles. The second-order valence-electron chi connectivity index (χ2n) is 4.83. The van der Waals surface area contributed by atoms with Crippen molar-refractivity contribution in [3.8, 4) is 0 Å². The molecular weight excluding hydrogens is 248 g/mol. The third-order valence-corrected chi connectivity index (χ3v) is 4.45. The molecule has 0 aliphatic rings. The lowest BCUT2D eigenvalue weighted by molar-refractivity contribution is 0.372. The van der Waals surface area contributed by atoms with Crippen molar-refractivity contribution in [3.63, 3.8) is 0 Å². The standard InChI is InChI=1S/C13H22N2O2S/c1-10(12(8-14)9-15)7-11-3-5-13(6-4-11)18(2,16)17/h3-6,10,12H,7-9,14-15H2,1-2H3. The molecule has 1 unspecified atom stereocenters. The number of hydrogen-bond acceptors (Lipinski definition) is 4. The van der Waals surface area contributed by atoms with Gasteiger partial charge in [-0.15, -0.1) is 0 Å². The normalized spacial score (nSPS) is 13.8. The highest BCUT2D eigenvalue weighted by Gasteiger charge is 2.15.